The molecule has 1 saturated heterocycles. The quantitative estimate of drug-likeness (QED) is 0.162. The van der Waals surface area contributed by atoms with Crippen LogP contribution in [0.2, 0.25) is 0 Å². The molecular formula is C28H27N3O7S. The lowest BCUT2D eigenvalue weighted by atomic mass is 10.0. The van der Waals surface area contributed by atoms with Gasteiger partial charge in [-0.15, -0.1) is 0 Å². The van der Waals surface area contributed by atoms with E-state index in [4.69, 9.17) is 14.2 Å². The third-order valence-corrected chi connectivity index (χ3v) is 6.78. The van der Waals surface area contributed by atoms with Crippen molar-refractivity contribution in [2.24, 2.45) is 0 Å². The van der Waals surface area contributed by atoms with Crippen molar-refractivity contribution < 1.29 is 28.7 Å². The van der Waals surface area contributed by atoms with Crippen LogP contribution in [0, 0.1) is 17.0 Å². The summed E-state index contributed by atoms with van der Waals surface area (Å²) in [6.45, 7) is 6.43. The van der Waals surface area contributed by atoms with Crippen LogP contribution in [-0.4, -0.2) is 46.2 Å². The van der Waals surface area contributed by atoms with E-state index < -0.39 is 10.8 Å². The molecule has 0 radical (unpaired) electrons. The number of hydrogen-bond donors (Lipinski definition) is 0. The highest BCUT2D eigenvalue weighted by molar-refractivity contribution is 8.18. The number of thioether (sulfide) groups is 1. The maximum Gasteiger partial charge on any atom is 0.331 e. The first-order valence-electron chi connectivity index (χ1n) is 12.1. The maximum absolute atomic E-state index is 13.0. The number of carbonyl (C=O) groups excluding carboxylic acids is 2. The summed E-state index contributed by atoms with van der Waals surface area (Å²) in [5, 5.41) is 10.9. The molecular weight excluding hydrogens is 522 g/mol. The number of pyridine rings is 1. The maximum atomic E-state index is 13.0. The van der Waals surface area contributed by atoms with Crippen LogP contribution >= 0.6 is 11.8 Å². The van der Waals surface area contributed by atoms with E-state index >= 15 is 0 Å². The molecule has 2 amide bonds. The molecule has 39 heavy (non-hydrogen) atoms. The van der Waals surface area contributed by atoms with E-state index in [0.29, 0.717) is 5.56 Å². The summed E-state index contributed by atoms with van der Waals surface area (Å²) < 4.78 is 17.0. The number of amides is 2. The van der Waals surface area contributed by atoms with Crippen LogP contribution in [0.3, 0.4) is 0 Å². The fourth-order valence-electron chi connectivity index (χ4n) is 3.90. The van der Waals surface area contributed by atoms with Crippen LogP contribution in [-0.2, 0) is 4.79 Å². The van der Waals surface area contributed by atoms with E-state index in [1.54, 1.807) is 24.3 Å². The van der Waals surface area contributed by atoms with Gasteiger partial charge >= 0.3 is 5.69 Å². The van der Waals surface area contributed by atoms with Crippen molar-refractivity contribution in [3.05, 3.63) is 86.4 Å². The third kappa shape index (κ3) is 6.37. The Kier molecular flexibility index (Phi) is 8.50. The normalized spacial score (nSPS) is 14.3. The summed E-state index contributed by atoms with van der Waals surface area (Å²) in [4.78, 5) is 41.6. The van der Waals surface area contributed by atoms with Gasteiger partial charge in [0.05, 0.1) is 23.5 Å². The fraction of sp³-hybridized carbons (Fsp3) is 0.250. The summed E-state index contributed by atoms with van der Waals surface area (Å²) in [7, 11) is 1.42. The van der Waals surface area contributed by atoms with E-state index in [2.05, 4.69) is 18.8 Å². The molecule has 1 aliphatic rings. The molecule has 1 fully saturated rings. The van der Waals surface area contributed by atoms with Gasteiger partial charge in [0.2, 0.25) is 0 Å². The van der Waals surface area contributed by atoms with E-state index in [1.807, 2.05) is 25.1 Å². The summed E-state index contributed by atoms with van der Waals surface area (Å²) in [5.74, 6) is 0.911. The summed E-state index contributed by atoms with van der Waals surface area (Å²) >= 11 is 0.845. The number of methoxy groups -OCH3 is 1. The average Bonchev–Trinajstić information content (AvgIpc) is 3.16. The van der Waals surface area contributed by atoms with Crippen LogP contribution in [0.15, 0.2) is 59.6 Å². The lowest BCUT2D eigenvalue weighted by Crippen LogP contribution is -2.32. The van der Waals surface area contributed by atoms with E-state index in [0.717, 1.165) is 33.5 Å². The zero-order valence-electron chi connectivity index (χ0n) is 21.9. The molecule has 3 aromatic rings. The zero-order valence-corrected chi connectivity index (χ0v) is 22.7. The monoisotopic (exact) mass is 549 g/mol. The van der Waals surface area contributed by atoms with Gasteiger partial charge in [-0.25, -0.2) is 4.98 Å². The first-order chi connectivity index (χ1) is 18.7. The Bertz CT molecular complexity index is 1450. The highest BCUT2D eigenvalue weighted by Gasteiger charge is 2.35. The Morgan fingerprint density at radius 2 is 1.90 bits per heavy atom. The standard InChI is InChI=1S/C28H27N3O7S/c1-17(2)20-9-7-18(3)14-23(20)37-13-12-30-27(32)25(39-28(30)33)16-19-8-10-22(24(15-19)36-4)38-26-21(31(34)35)6-5-11-29-26/h5-11,14-17H,12-13H2,1-4H3/b25-16-. The van der Waals surface area contributed by atoms with Gasteiger partial charge in [-0.1, -0.05) is 32.0 Å². The summed E-state index contributed by atoms with van der Waals surface area (Å²) in [6.07, 6.45) is 2.97. The topological polar surface area (TPSA) is 121 Å². The minimum atomic E-state index is -0.589. The first kappa shape index (κ1) is 27.6. The Labute approximate surface area is 229 Å². The van der Waals surface area contributed by atoms with Crippen LogP contribution < -0.4 is 14.2 Å². The lowest BCUT2D eigenvalue weighted by molar-refractivity contribution is -0.386. The minimum Gasteiger partial charge on any atom is -0.493 e. The van der Waals surface area contributed by atoms with Gasteiger partial charge in [-0.2, -0.15) is 0 Å². The van der Waals surface area contributed by atoms with Crippen LogP contribution in [0.5, 0.6) is 23.1 Å². The number of benzene rings is 2. The molecule has 0 unspecified atom stereocenters. The van der Waals surface area contributed by atoms with Crippen molar-refractivity contribution >= 4 is 34.7 Å². The van der Waals surface area contributed by atoms with Gasteiger partial charge in [0.15, 0.2) is 11.5 Å². The summed E-state index contributed by atoms with van der Waals surface area (Å²) in [6, 6.07) is 13.5. The predicted octanol–water partition coefficient (Wildman–Crippen LogP) is 6.34. The molecule has 0 spiro atoms. The Balaban J connectivity index is 1.46. The van der Waals surface area contributed by atoms with Crippen LogP contribution in [0.1, 0.15) is 36.5 Å². The minimum absolute atomic E-state index is 0.117. The fourth-order valence-corrected chi connectivity index (χ4v) is 4.76. The second kappa shape index (κ2) is 12.0. The number of rotatable bonds is 10. The van der Waals surface area contributed by atoms with Gasteiger partial charge < -0.3 is 14.2 Å². The number of aryl methyl sites for hydroxylation is 1. The number of imide groups is 1. The van der Waals surface area contributed by atoms with Gasteiger partial charge in [-0.3, -0.25) is 24.6 Å². The van der Waals surface area contributed by atoms with Crippen molar-refractivity contribution in [1.29, 1.82) is 0 Å². The molecule has 0 aliphatic carbocycles. The van der Waals surface area contributed by atoms with Crippen LogP contribution in [0.4, 0.5) is 10.5 Å². The third-order valence-electron chi connectivity index (χ3n) is 5.88. The second-order valence-electron chi connectivity index (χ2n) is 8.97. The van der Waals surface area contributed by atoms with Gasteiger partial charge in [-0.05, 0) is 71.6 Å². The Hall–Kier alpha value is -4.38. The molecule has 0 bridgehead atoms. The van der Waals surface area contributed by atoms with E-state index in [1.165, 1.54) is 25.4 Å². The molecule has 1 aromatic heterocycles. The number of aromatic nitrogens is 1. The number of hydrogen-bond acceptors (Lipinski definition) is 9. The highest BCUT2D eigenvalue weighted by Crippen LogP contribution is 2.37. The molecule has 11 heteroatoms. The van der Waals surface area contributed by atoms with Crippen LogP contribution in [0.25, 0.3) is 6.08 Å². The molecule has 0 saturated carbocycles. The Morgan fingerprint density at radius 1 is 1.10 bits per heavy atom. The largest absolute Gasteiger partial charge is 0.493 e. The molecule has 0 atom stereocenters. The molecule has 2 aromatic carbocycles. The van der Waals surface area contributed by atoms with Crippen molar-refractivity contribution in [3.8, 4) is 23.1 Å². The molecule has 2 heterocycles. The molecule has 4 rings (SSSR count). The number of carbonyl (C=O) groups is 2. The van der Waals surface area contributed by atoms with Gasteiger partial charge in [0.25, 0.3) is 17.0 Å². The summed E-state index contributed by atoms with van der Waals surface area (Å²) in [5.41, 5.74) is 2.42. The van der Waals surface area contributed by atoms with E-state index in [-0.39, 0.29) is 52.3 Å². The molecule has 202 valence electrons. The second-order valence-corrected chi connectivity index (χ2v) is 9.97. The van der Waals surface area contributed by atoms with Crippen molar-refractivity contribution in [3.63, 3.8) is 0 Å². The molecule has 1 aliphatic heterocycles. The van der Waals surface area contributed by atoms with Gasteiger partial charge in [0.1, 0.15) is 12.4 Å². The SMILES string of the molecule is COc1cc(/C=C2\SC(=O)N(CCOc3cc(C)ccc3C(C)C)C2=O)ccc1Oc1ncccc1[N+](=O)[O-]. The number of nitrogens with zero attached hydrogens (tertiary/aromatic N) is 3. The van der Waals surface area contributed by atoms with Crippen molar-refractivity contribution in [1.82, 2.24) is 9.88 Å². The molecule has 0 N–H and O–H groups in total. The lowest BCUT2D eigenvalue weighted by Gasteiger charge is -2.17. The zero-order chi connectivity index (χ0) is 28.1. The Morgan fingerprint density at radius 3 is 2.62 bits per heavy atom. The first-order valence-corrected chi connectivity index (χ1v) is 12.9. The smallest absolute Gasteiger partial charge is 0.331 e. The highest BCUT2D eigenvalue weighted by atomic mass is 32.2. The van der Waals surface area contributed by atoms with E-state index in [9.17, 15) is 19.7 Å². The number of nitro groups is 1. The predicted molar refractivity (Wildman–Crippen MR) is 147 cm³/mol. The number of ether oxygens (including phenoxy) is 3. The van der Waals surface area contributed by atoms with Crippen molar-refractivity contribution in [2.45, 2.75) is 26.7 Å². The van der Waals surface area contributed by atoms with Gasteiger partial charge in [0, 0.05) is 12.3 Å². The molecule has 10 nitrogen and oxygen atoms in total. The average molecular weight is 550 g/mol. The van der Waals surface area contributed by atoms with Crippen molar-refractivity contribution in [2.75, 3.05) is 20.3 Å².